The van der Waals surface area contributed by atoms with Gasteiger partial charge in [0.05, 0.1) is 5.69 Å². The lowest BCUT2D eigenvalue weighted by molar-refractivity contribution is -0.118. The van der Waals surface area contributed by atoms with Crippen molar-refractivity contribution in [3.8, 4) is 0 Å². The zero-order chi connectivity index (χ0) is 15.4. The van der Waals surface area contributed by atoms with Crippen molar-refractivity contribution in [3.05, 3.63) is 53.5 Å². The summed E-state index contributed by atoms with van der Waals surface area (Å²) in [6.45, 7) is 1.75. The van der Waals surface area contributed by atoms with Gasteiger partial charge in [0.15, 0.2) is 11.6 Å². The van der Waals surface area contributed by atoms with Crippen LogP contribution in [-0.4, -0.2) is 15.9 Å². The summed E-state index contributed by atoms with van der Waals surface area (Å²) in [6, 6.07) is 4.18. The van der Waals surface area contributed by atoms with Crippen LogP contribution in [0.15, 0.2) is 30.6 Å². The molecule has 0 fully saturated rings. The summed E-state index contributed by atoms with van der Waals surface area (Å²) in [5.41, 5.74) is 5.96. The first-order valence-electron chi connectivity index (χ1n) is 6.33. The molecule has 2 rings (SSSR count). The second-order valence-electron chi connectivity index (χ2n) is 4.37. The lowest BCUT2D eigenvalue weighted by Crippen LogP contribution is -2.28. The molecule has 3 N–H and O–H groups in total. The SMILES string of the molecule is CCc1ncnc(N[C@H](C(N)=O)c2ccc(F)cc2)c1F. The number of hydrogen-bond acceptors (Lipinski definition) is 4. The molecule has 0 spiro atoms. The van der Waals surface area contributed by atoms with Crippen LogP contribution in [-0.2, 0) is 11.2 Å². The normalized spacial score (nSPS) is 12.0. The summed E-state index contributed by atoms with van der Waals surface area (Å²) in [6.07, 6.45) is 1.59. The Morgan fingerprint density at radius 1 is 1.29 bits per heavy atom. The fraction of sp³-hybridized carbons (Fsp3) is 0.214. The maximum atomic E-state index is 14.1. The number of carbonyl (C=O) groups is 1. The van der Waals surface area contributed by atoms with Gasteiger partial charge in [-0.1, -0.05) is 19.1 Å². The molecule has 0 radical (unpaired) electrons. The molecule has 7 heteroatoms. The number of nitrogens with one attached hydrogen (secondary N) is 1. The first-order chi connectivity index (χ1) is 10.0. The summed E-state index contributed by atoms with van der Waals surface area (Å²) >= 11 is 0. The van der Waals surface area contributed by atoms with Gasteiger partial charge in [0.1, 0.15) is 18.2 Å². The Bertz CT molecular complexity index is 646. The molecule has 1 aromatic heterocycles. The number of aryl methyl sites for hydroxylation is 1. The Morgan fingerprint density at radius 2 is 1.95 bits per heavy atom. The molecule has 0 bridgehead atoms. The molecule has 0 saturated carbocycles. The van der Waals surface area contributed by atoms with Gasteiger partial charge in [-0.3, -0.25) is 4.79 Å². The summed E-state index contributed by atoms with van der Waals surface area (Å²) in [4.78, 5) is 19.1. The molecule has 5 nitrogen and oxygen atoms in total. The topological polar surface area (TPSA) is 80.9 Å². The third-order valence-corrected chi connectivity index (χ3v) is 2.97. The van der Waals surface area contributed by atoms with E-state index in [0.717, 1.165) is 0 Å². The van der Waals surface area contributed by atoms with Crippen molar-refractivity contribution < 1.29 is 13.6 Å². The van der Waals surface area contributed by atoms with Gasteiger partial charge in [-0.05, 0) is 24.1 Å². The van der Waals surface area contributed by atoms with Gasteiger partial charge in [-0.25, -0.2) is 18.7 Å². The standard InChI is InChI=1S/C14H14F2N4O/c1-2-10-11(16)14(19-7-18-10)20-12(13(17)21)8-3-5-9(15)6-4-8/h3-7,12H,2H2,1H3,(H2,17,21)(H,18,19,20)/t12-/m0/s1. The maximum absolute atomic E-state index is 14.1. The van der Waals surface area contributed by atoms with Gasteiger partial charge in [-0.2, -0.15) is 0 Å². The smallest absolute Gasteiger partial charge is 0.244 e. The minimum atomic E-state index is -1.01. The van der Waals surface area contributed by atoms with Crippen molar-refractivity contribution in [2.75, 3.05) is 5.32 Å². The van der Waals surface area contributed by atoms with E-state index in [1.807, 2.05) is 0 Å². The highest BCUT2D eigenvalue weighted by Gasteiger charge is 2.21. The Labute approximate surface area is 120 Å². The molecular formula is C14H14F2N4O. The van der Waals surface area contributed by atoms with Crippen molar-refractivity contribution in [1.82, 2.24) is 9.97 Å². The number of amides is 1. The highest BCUT2D eigenvalue weighted by Crippen LogP contribution is 2.21. The van der Waals surface area contributed by atoms with Crippen LogP contribution in [0.25, 0.3) is 0 Å². The molecule has 110 valence electrons. The Balaban J connectivity index is 2.33. The van der Waals surface area contributed by atoms with Gasteiger partial charge >= 0.3 is 0 Å². The van der Waals surface area contributed by atoms with Crippen LogP contribution in [0.4, 0.5) is 14.6 Å². The van der Waals surface area contributed by atoms with E-state index in [-0.39, 0.29) is 11.5 Å². The molecule has 1 atom stereocenters. The van der Waals surface area contributed by atoms with E-state index in [4.69, 9.17) is 5.73 Å². The van der Waals surface area contributed by atoms with Crippen molar-refractivity contribution in [3.63, 3.8) is 0 Å². The molecule has 1 aromatic carbocycles. The van der Waals surface area contributed by atoms with E-state index in [9.17, 15) is 13.6 Å². The predicted octanol–water partition coefficient (Wildman–Crippen LogP) is 1.96. The molecule has 21 heavy (non-hydrogen) atoms. The van der Waals surface area contributed by atoms with Crippen LogP contribution < -0.4 is 11.1 Å². The van der Waals surface area contributed by atoms with E-state index in [0.29, 0.717) is 12.0 Å². The highest BCUT2D eigenvalue weighted by atomic mass is 19.1. The van der Waals surface area contributed by atoms with Crippen molar-refractivity contribution >= 4 is 11.7 Å². The number of benzene rings is 1. The second-order valence-corrected chi connectivity index (χ2v) is 4.37. The van der Waals surface area contributed by atoms with E-state index in [1.165, 1.54) is 30.6 Å². The van der Waals surface area contributed by atoms with Crippen molar-refractivity contribution in [2.24, 2.45) is 5.73 Å². The molecule has 2 aromatic rings. The molecule has 1 amide bonds. The predicted molar refractivity (Wildman–Crippen MR) is 73.3 cm³/mol. The van der Waals surface area contributed by atoms with E-state index < -0.39 is 23.6 Å². The Hall–Kier alpha value is -2.57. The largest absolute Gasteiger partial charge is 0.368 e. The molecule has 1 heterocycles. The monoisotopic (exact) mass is 292 g/mol. The van der Waals surface area contributed by atoms with Crippen molar-refractivity contribution in [1.29, 1.82) is 0 Å². The average Bonchev–Trinajstić information content (AvgIpc) is 2.47. The molecular weight excluding hydrogens is 278 g/mol. The summed E-state index contributed by atoms with van der Waals surface area (Å²) in [5, 5.41) is 2.63. The third kappa shape index (κ3) is 3.31. The number of nitrogens with two attached hydrogens (primary N) is 1. The number of halogens is 2. The number of carbonyl (C=O) groups excluding carboxylic acids is 1. The summed E-state index contributed by atoms with van der Waals surface area (Å²) < 4.78 is 27.0. The highest BCUT2D eigenvalue weighted by molar-refractivity contribution is 5.84. The minimum Gasteiger partial charge on any atom is -0.368 e. The van der Waals surface area contributed by atoms with Gasteiger partial charge < -0.3 is 11.1 Å². The van der Waals surface area contributed by atoms with Crippen LogP contribution in [0.2, 0.25) is 0 Å². The van der Waals surface area contributed by atoms with E-state index >= 15 is 0 Å². The van der Waals surface area contributed by atoms with Gasteiger partial charge in [0, 0.05) is 0 Å². The Kier molecular flexibility index (Phi) is 4.42. The second kappa shape index (κ2) is 6.25. The number of aromatic nitrogens is 2. The van der Waals surface area contributed by atoms with Crippen LogP contribution >= 0.6 is 0 Å². The fourth-order valence-corrected chi connectivity index (χ4v) is 1.86. The summed E-state index contributed by atoms with van der Waals surface area (Å²) in [5.74, 6) is -1.91. The van der Waals surface area contributed by atoms with Gasteiger partial charge in [0.2, 0.25) is 5.91 Å². The number of hydrogen-bond donors (Lipinski definition) is 2. The lowest BCUT2D eigenvalue weighted by atomic mass is 10.1. The number of rotatable bonds is 5. The third-order valence-electron chi connectivity index (χ3n) is 2.97. The van der Waals surface area contributed by atoms with Crippen LogP contribution in [0.1, 0.15) is 24.2 Å². The summed E-state index contributed by atoms with van der Waals surface area (Å²) in [7, 11) is 0. The Morgan fingerprint density at radius 3 is 2.52 bits per heavy atom. The first kappa shape index (κ1) is 14.8. The number of anilines is 1. The molecule has 0 aliphatic rings. The average molecular weight is 292 g/mol. The maximum Gasteiger partial charge on any atom is 0.244 e. The molecule has 0 saturated heterocycles. The van der Waals surface area contributed by atoms with Crippen LogP contribution in [0.5, 0.6) is 0 Å². The number of nitrogens with zero attached hydrogens (tertiary/aromatic N) is 2. The van der Waals surface area contributed by atoms with Crippen LogP contribution in [0.3, 0.4) is 0 Å². The minimum absolute atomic E-state index is 0.116. The van der Waals surface area contributed by atoms with E-state index in [1.54, 1.807) is 6.92 Å². The van der Waals surface area contributed by atoms with Crippen molar-refractivity contribution in [2.45, 2.75) is 19.4 Å². The molecule has 0 aliphatic heterocycles. The zero-order valence-electron chi connectivity index (χ0n) is 11.3. The quantitative estimate of drug-likeness (QED) is 0.882. The number of primary amides is 1. The van der Waals surface area contributed by atoms with Crippen LogP contribution in [0, 0.1) is 11.6 Å². The van der Waals surface area contributed by atoms with Gasteiger partial charge in [0.25, 0.3) is 0 Å². The first-order valence-corrected chi connectivity index (χ1v) is 6.33. The lowest BCUT2D eigenvalue weighted by Gasteiger charge is -2.17. The van der Waals surface area contributed by atoms with E-state index in [2.05, 4.69) is 15.3 Å². The van der Waals surface area contributed by atoms with Gasteiger partial charge in [-0.15, -0.1) is 0 Å². The molecule has 0 unspecified atom stereocenters. The fourth-order valence-electron chi connectivity index (χ4n) is 1.86. The zero-order valence-corrected chi connectivity index (χ0v) is 11.3. The molecule has 0 aliphatic carbocycles.